The molecule has 3 aromatic carbocycles. The van der Waals surface area contributed by atoms with E-state index in [-0.39, 0.29) is 35.6 Å². The molecule has 0 fully saturated rings. The minimum atomic E-state index is 0. The van der Waals surface area contributed by atoms with E-state index in [2.05, 4.69) is 156 Å². The van der Waals surface area contributed by atoms with Gasteiger partial charge in [0.1, 0.15) is 0 Å². The van der Waals surface area contributed by atoms with Gasteiger partial charge >= 0.3 is 70.3 Å². The second-order valence-corrected chi connectivity index (χ2v) is 17.0. The maximum atomic E-state index is 3.67. The summed E-state index contributed by atoms with van der Waals surface area (Å²) in [5, 5.41) is 0. The summed E-state index contributed by atoms with van der Waals surface area (Å²) in [6, 6.07) is 25.6. The minimum Gasteiger partial charge on any atom is -1.00 e. The Morgan fingerprint density at radius 2 is 1.38 bits per heavy atom. The fraction of sp³-hybridized carbons (Fsp3) is 0.452. The van der Waals surface area contributed by atoms with Gasteiger partial charge in [-0.1, -0.05) is 124 Å². The van der Waals surface area contributed by atoms with Gasteiger partial charge in [-0.15, -0.1) is 11.1 Å². The first-order valence-corrected chi connectivity index (χ1v) is 17.3. The van der Waals surface area contributed by atoms with Crippen LogP contribution in [-0.2, 0) is 41.5 Å². The molecular formula is C42H54Cl2Zr-2. The monoisotopic (exact) mass is 718 g/mol. The molecule has 242 valence electrons. The van der Waals surface area contributed by atoms with Gasteiger partial charge in [-0.3, -0.25) is 6.08 Å². The zero-order valence-electron chi connectivity index (χ0n) is 29.8. The van der Waals surface area contributed by atoms with Crippen LogP contribution >= 0.6 is 0 Å². The molecule has 2 aliphatic rings. The summed E-state index contributed by atoms with van der Waals surface area (Å²) in [4.78, 5) is 0. The number of rotatable bonds is 3. The number of benzene rings is 3. The van der Waals surface area contributed by atoms with Crippen LogP contribution in [0.25, 0.3) is 11.1 Å². The molecule has 3 heteroatoms. The van der Waals surface area contributed by atoms with Crippen LogP contribution in [-0.4, -0.2) is 3.21 Å². The molecule has 3 aromatic rings. The van der Waals surface area contributed by atoms with Crippen LogP contribution in [0.1, 0.15) is 124 Å². The average Bonchev–Trinajstić information content (AvgIpc) is 3.54. The third kappa shape index (κ3) is 11.3. The molecule has 0 bridgehead atoms. The van der Waals surface area contributed by atoms with Gasteiger partial charge in [0.2, 0.25) is 0 Å². The summed E-state index contributed by atoms with van der Waals surface area (Å²) in [6.45, 7) is 27.1. The Labute approximate surface area is 303 Å². The molecule has 0 N–H and O–H groups in total. The number of halogens is 2. The second-order valence-electron chi connectivity index (χ2n) is 15.1. The van der Waals surface area contributed by atoms with E-state index >= 15 is 0 Å². The van der Waals surface area contributed by atoms with Crippen molar-refractivity contribution in [2.45, 2.75) is 113 Å². The molecule has 0 saturated heterocycles. The van der Waals surface area contributed by atoms with E-state index in [4.69, 9.17) is 0 Å². The van der Waals surface area contributed by atoms with Crippen molar-refractivity contribution in [3.8, 4) is 11.1 Å². The maximum Gasteiger partial charge on any atom is -1.00 e. The van der Waals surface area contributed by atoms with Gasteiger partial charge in [-0.25, -0.2) is 5.57 Å². The molecule has 0 amide bonds. The van der Waals surface area contributed by atoms with Crippen LogP contribution < -0.4 is 24.8 Å². The Bertz CT molecular complexity index is 1410. The van der Waals surface area contributed by atoms with Crippen molar-refractivity contribution in [3.63, 3.8) is 0 Å². The molecule has 0 radical (unpaired) electrons. The Morgan fingerprint density at radius 3 is 1.82 bits per heavy atom. The number of hydrogen-bond acceptors (Lipinski definition) is 0. The summed E-state index contributed by atoms with van der Waals surface area (Å²) < 4.78 is 1.46. The Morgan fingerprint density at radius 1 is 0.778 bits per heavy atom. The van der Waals surface area contributed by atoms with E-state index in [1.54, 1.807) is 0 Å². The van der Waals surface area contributed by atoms with Crippen molar-refractivity contribution in [2.75, 3.05) is 0 Å². The normalized spacial score (nSPS) is 15.0. The van der Waals surface area contributed by atoms with Crippen molar-refractivity contribution in [1.29, 1.82) is 0 Å². The summed E-state index contributed by atoms with van der Waals surface area (Å²) >= 11 is 1.51. The number of allylic oxidation sites excluding steroid dienone is 4. The van der Waals surface area contributed by atoms with Crippen LogP contribution in [0, 0.1) is 23.5 Å². The first-order chi connectivity index (χ1) is 20.0. The number of fused-ring (bicyclic) bond motifs is 3. The SMILES string of the molecule is CC(C)(C)c1[c-]c2c(cc1)-c1ccc(C(C)(C)C)cc1C2.CCC1=[C-]C(CC)C=C1C(C)(C)C.C[C](=[Zr+2])c1ccccc1.[Cl-].[Cl-]. The molecule has 0 saturated carbocycles. The zero-order valence-corrected chi connectivity index (χ0v) is 33.8. The average molecular weight is 721 g/mol. The van der Waals surface area contributed by atoms with Gasteiger partial charge in [0.05, 0.1) is 0 Å². The van der Waals surface area contributed by atoms with E-state index in [1.807, 2.05) is 6.07 Å². The summed E-state index contributed by atoms with van der Waals surface area (Å²) in [5.74, 6) is 0.573. The van der Waals surface area contributed by atoms with E-state index in [0.29, 0.717) is 11.3 Å². The van der Waals surface area contributed by atoms with Crippen LogP contribution in [0.3, 0.4) is 0 Å². The van der Waals surface area contributed by atoms with Crippen LogP contribution in [0.5, 0.6) is 0 Å². The molecule has 1 unspecified atom stereocenters. The first kappa shape index (κ1) is 41.5. The molecule has 0 spiro atoms. The van der Waals surface area contributed by atoms with Crippen molar-refractivity contribution in [2.24, 2.45) is 11.3 Å². The topological polar surface area (TPSA) is 0 Å². The minimum absolute atomic E-state index is 0. The molecule has 5 rings (SSSR count). The molecule has 0 heterocycles. The largest absolute Gasteiger partial charge is 1.00 e. The summed E-state index contributed by atoms with van der Waals surface area (Å²) in [6.07, 6.45) is 9.31. The van der Waals surface area contributed by atoms with Gasteiger partial charge in [-0.05, 0) is 28.4 Å². The summed E-state index contributed by atoms with van der Waals surface area (Å²) in [7, 11) is 0. The fourth-order valence-corrected chi connectivity index (χ4v) is 5.99. The van der Waals surface area contributed by atoms with Crippen molar-refractivity contribution < 1.29 is 49.0 Å². The smallest absolute Gasteiger partial charge is 1.00 e. The predicted molar refractivity (Wildman–Crippen MR) is 186 cm³/mol. The Balaban J connectivity index is 0.000000363. The van der Waals surface area contributed by atoms with Crippen LogP contribution in [0.15, 0.2) is 77.9 Å². The zero-order chi connectivity index (χ0) is 32.2. The molecule has 45 heavy (non-hydrogen) atoms. The molecule has 1 atom stereocenters. The molecular weight excluding hydrogens is 667 g/mol. The third-order valence-electron chi connectivity index (χ3n) is 8.32. The van der Waals surface area contributed by atoms with Crippen LogP contribution in [0.2, 0.25) is 0 Å². The quantitative estimate of drug-likeness (QED) is 0.243. The van der Waals surface area contributed by atoms with Gasteiger partial charge in [-0.2, -0.15) is 35.4 Å². The van der Waals surface area contributed by atoms with Gasteiger partial charge < -0.3 is 24.8 Å². The standard InChI is InChI=1S/C21H25.C13H21.C8H8.2ClH.Zr/c1-20(2,3)16-7-9-18-14(12-16)11-15-13-17(21(4,5)6)8-10-19(15)18;1-6-10-8-11(7-2)12(9-10)13(3,4)5;1-2-8-6-4-3-5-7-8;;;/h7-10,12H,11H2,1-6H3;9-10H,6-7H2,1-5H3;3-7H,1H3;2*1H;/q2*-1;;;;+2/p-2. The predicted octanol–water partition coefficient (Wildman–Crippen LogP) is 5.57. The molecule has 0 aliphatic heterocycles. The van der Waals surface area contributed by atoms with Gasteiger partial charge in [0, 0.05) is 0 Å². The Kier molecular flexibility index (Phi) is 15.7. The Hall–Kier alpha value is -1.53. The van der Waals surface area contributed by atoms with Crippen molar-refractivity contribution >= 4 is 3.21 Å². The first-order valence-electron chi connectivity index (χ1n) is 16.1. The van der Waals surface area contributed by atoms with E-state index in [9.17, 15) is 0 Å². The third-order valence-corrected chi connectivity index (χ3v) is 9.03. The fourth-order valence-electron chi connectivity index (χ4n) is 5.58. The van der Waals surface area contributed by atoms with E-state index < -0.39 is 0 Å². The van der Waals surface area contributed by atoms with Crippen LogP contribution in [0.4, 0.5) is 0 Å². The van der Waals surface area contributed by atoms with E-state index in [1.165, 1.54) is 84.0 Å². The molecule has 0 aromatic heterocycles. The van der Waals surface area contributed by atoms with Crippen molar-refractivity contribution in [1.82, 2.24) is 0 Å². The maximum absolute atomic E-state index is 3.67. The number of hydrogen-bond donors (Lipinski definition) is 0. The summed E-state index contributed by atoms with van der Waals surface area (Å²) in [5.41, 5.74) is 13.3. The van der Waals surface area contributed by atoms with Gasteiger partial charge in [0.15, 0.2) is 0 Å². The second kappa shape index (κ2) is 17.0. The van der Waals surface area contributed by atoms with Gasteiger partial charge in [0.25, 0.3) is 0 Å². The van der Waals surface area contributed by atoms with Crippen molar-refractivity contribution in [3.05, 3.63) is 118 Å². The molecule has 0 nitrogen and oxygen atoms in total. The molecule has 2 aliphatic carbocycles. The van der Waals surface area contributed by atoms with E-state index in [0.717, 1.165) is 12.8 Å².